The maximum absolute atomic E-state index is 6.16. The molecule has 17 heavy (non-hydrogen) atoms. The minimum atomic E-state index is 0.164. The summed E-state index contributed by atoms with van der Waals surface area (Å²) in [5.74, 6) is 1.53. The van der Waals surface area contributed by atoms with E-state index in [1.54, 1.807) is 7.11 Å². The molecule has 0 bridgehead atoms. The molecule has 2 unspecified atom stereocenters. The fourth-order valence-electron chi connectivity index (χ4n) is 1.96. The number of benzene rings is 1. The van der Waals surface area contributed by atoms with Crippen LogP contribution in [0.2, 0.25) is 5.02 Å². The van der Waals surface area contributed by atoms with E-state index in [0.29, 0.717) is 5.92 Å². The zero-order chi connectivity index (χ0) is 12.8. The van der Waals surface area contributed by atoms with Crippen LogP contribution in [0.25, 0.3) is 0 Å². The third-order valence-electron chi connectivity index (χ3n) is 3.13. The van der Waals surface area contributed by atoms with Crippen molar-refractivity contribution in [3.05, 3.63) is 28.8 Å². The van der Waals surface area contributed by atoms with Gasteiger partial charge in [-0.05, 0) is 42.5 Å². The van der Waals surface area contributed by atoms with E-state index in [9.17, 15) is 0 Å². The summed E-state index contributed by atoms with van der Waals surface area (Å²) in [6.45, 7) is 4.42. The molecule has 0 aliphatic carbocycles. The summed E-state index contributed by atoms with van der Waals surface area (Å²) in [6, 6.07) is 5.84. The van der Waals surface area contributed by atoms with Gasteiger partial charge in [0.15, 0.2) is 0 Å². The Morgan fingerprint density at radius 2 is 2.12 bits per heavy atom. The maximum Gasteiger partial charge on any atom is 0.122 e. The highest BCUT2D eigenvalue weighted by Gasteiger charge is 2.12. The highest BCUT2D eigenvalue weighted by atomic mass is 35.5. The summed E-state index contributed by atoms with van der Waals surface area (Å²) in [5.41, 5.74) is 7.25. The van der Waals surface area contributed by atoms with Crippen molar-refractivity contribution in [2.75, 3.05) is 7.11 Å². The minimum Gasteiger partial charge on any atom is -0.496 e. The molecule has 96 valence electrons. The molecule has 0 aromatic heterocycles. The average molecular weight is 256 g/mol. The Bertz CT molecular complexity index is 354. The summed E-state index contributed by atoms with van der Waals surface area (Å²) >= 11 is 5.99. The van der Waals surface area contributed by atoms with Crippen LogP contribution in [0.4, 0.5) is 0 Å². The van der Waals surface area contributed by atoms with Crippen molar-refractivity contribution in [3.8, 4) is 5.75 Å². The van der Waals surface area contributed by atoms with Crippen molar-refractivity contribution in [2.45, 2.75) is 39.2 Å². The predicted octanol–water partition coefficient (Wildman–Crippen LogP) is 3.65. The second-order valence-corrected chi connectivity index (χ2v) is 5.11. The van der Waals surface area contributed by atoms with E-state index in [2.05, 4.69) is 13.8 Å². The Hall–Kier alpha value is -0.730. The number of ether oxygens (including phenoxy) is 1. The molecule has 0 saturated heterocycles. The maximum atomic E-state index is 6.16. The molecular weight excluding hydrogens is 234 g/mol. The number of hydrogen-bond donors (Lipinski definition) is 1. The molecule has 2 nitrogen and oxygen atoms in total. The van der Waals surface area contributed by atoms with E-state index in [1.165, 1.54) is 6.42 Å². The largest absolute Gasteiger partial charge is 0.496 e. The molecule has 0 aliphatic heterocycles. The molecule has 0 saturated carbocycles. The number of rotatable bonds is 6. The molecule has 3 heteroatoms. The highest BCUT2D eigenvalue weighted by Crippen LogP contribution is 2.24. The Balaban J connectivity index is 2.69. The van der Waals surface area contributed by atoms with Gasteiger partial charge in [0.2, 0.25) is 0 Å². The SMILES string of the molecule is CCC(C)CC(N)Cc1cc(Cl)ccc1OC. The molecule has 0 aliphatic rings. The van der Waals surface area contributed by atoms with Crippen LogP contribution in [0.5, 0.6) is 5.75 Å². The zero-order valence-electron chi connectivity index (χ0n) is 10.9. The van der Waals surface area contributed by atoms with Crippen molar-refractivity contribution >= 4 is 11.6 Å². The Morgan fingerprint density at radius 1 is 1.41 bits per heavy atom. The van der Waals surface area contributed by atoms with Crippen LogP contribution >= 0.6 is 11.6 Å². The molecule has 0 heterocycles. The lowest BCUT2D eigenvalue weighted by Crippen LogP contribution is -2.25. The van der Waals surface area contributed by atoms with Gasteiger partial charge >= 0.3 is 0 Å². The van der Waals surface area contributed by atoms with E-state index >= 15 is 0 Å². The minimum absolute atomic E-state index is 0.164. The van der Waals surface area contributed by atoms with Gasteiger partial charge in [-0.1, -0.05) is 31.9 Å². The number of nitrogens with two attached hydrogens (primary N) is 1. The fraction of sp³-hybridized carbons (Fsp3) is 0.571. The second-order valence-electron chi connectivity index (χ2n) is 4.67. The van der Waals surface area contributed by atoms with Crippen molar-refractivity contribution in [1.29, 1.82) is 0 Å². The van der Waals surface area contributed by atoms with E-state index < -0.39 is 0 Å². The van der Waals surface area contributed by atoms with E-state index in [-0.39, 0.29) is 6.04 Å². The Morgan fingerprint density at radius 3 is 2.71 bits per heavy atom. The monoisotopic (exact) mass is 255 g/mol. The summed E-state index contributed by atoms with van der Waals surface area (Å²) in [6.07, 6.45) is 3.01. The van der Waals surface area contributed by atoms with Crippen LogP contribution in [0.15, 0.2) is 18.2 Å². The molecule has 0 fully saturated rings. The molecule has 2 atom stereocenters. The van der Waals surface area contributed by atoms with Gasteiger partial charge in [0.05, 0.1) is 7.11 Å². The normalized spacial score (nSPS) is 14.4. The van der Waals surface area contributed by atoms with Gasteiger partial charge in [-0.15, -0.1) is 0 Å². The first kappa shape index (κ1) is 14.3. The number of methoxy groups -OCH3 is 1. The van der Waals surface area contributed by atoms with Gasteiger partial charge < -0.3 is 10.5 Å². The van der Waals surface area contributed by atoms with Gasteiger partial charge in [-0.3, -0.25) is 0 Å². The van der Waals surface area contributed by atoms with Crippen molar-refractivity contribution in [2.24, 2.45) is 11.7 Å². The van der Waals surface area contributed by atoms with Gasteiger partial charge in [0, 0.05) is 11.1 Å². The first-order valence-corrected chi connectivity index (χ1v) is 6.52. The standard InChI is InChI=1S/C14H22ClNO/c1-4-10(2)7-13(16)9-11-8-12(15)5-6-14(11)17-3/h5-6,8,10,13H,4,7,9,16H2,1-3H3. The topological polar surface area (TPSA) is 35.2 Å². The van der Waals surface area contributed by atoms with Crippen molar-refractivity contribution < 1.29 is 4.74 Å². The number of halogens is 1. The van der Waals surface area contributed by atoms with Crippen LogP contribution in [0, 0.1) is 5.92 Å². The predicted molar refractivity (Wildman–Crippen MR) is 73.8 cm³/mol. The molecule has 1 aromatic carbocycles. The average Bonchev–Trinajstić information content (AvgIpc) is 2.29. The van der Waals surface area contributed by atoms with E-state index in [4.69, 9.17) is 22.1 Å². The zero-order valence-corrected chi connectivity index (χ0v) is 11.6. The van der Waals surface area contributed by atoms with Gasteiger partial charge in [0.25, 0.3) is 0 Å². The summed E-state index contributed by atoms with van der Waals surface area (Å²) in [7, 11) is 1.67. The molecule has 0 spiro atoms. The molecule has 1 aromatic rings. The molecular formula is C14H22ClNO. The summed E-state index contributed by atoms with van der Waals surface area (Å²) < 4.78 is 5.32. The number of hydrogen-bond acceptors (Lipinski definition) is 2. The van der Waals surface area contributed by atoms with Gasteiger partial charge in [0.1, 0.15) is 5.75 Å². The molecule has 0 radical (unpaired) electrons. The Labute approximate surface area is 109 Å². The summed E-state index contributed by atoms with van der Waals surface area (Å²) in [4.78, 5) is 0. The highest BCUT2D eigenvalue weighted by molar-refractivity contribution is 6.30. The molecule has 1 rings (SSSR count). The summed E-state index contributed by atoms with van der Waals surface area (Å²) in [5, 5.41) is 0.733. The van der Waals surface area contributed by atoms with Crippen LogP contribution in [0.1, 0.15) is 32.3 Å². The lowest BCUT2D eigenvalue weighted by molar-refractivity contribution is 0.402. The van der Waals surface area contributed by atoms with Gasteiger partial charge in [-0.25, -0.2) is 0 Å². The van der Waals surface area contributed by atoms with E-state index in [0.717, 1.165) is 29.2 Å². The van der Waals surface area contributed by atoms with Crippen LogP contribution in [-0.4, -0.2) is 13.2 Å². The first-order valence-electron chi connectivity index (χ1n) is 6.14. The lowest BCUT2D eigenvalue weighted by atomic mass is 9.95. The second kappa shape index (κ2) is 6.87. The molecule has 0 amide bonds. The van der Waals surface area contributed by atoms with Crippen LogP contribution < -0.4 is 10.5 Å². The van der Waals surface area contributed by atoms with Crippen LogP contribution in [-0.2, 0) is 6.42 Å². The quantitative estimate of drug-likeness (QED) is 0.842. The lowest BCUT2D eigenvalue weighted by Gasteiger charge is -2.17. The van der Waals surface area contributed by atoms with Crippen molar-refractivity contribution in [1.82, 2.24) is 0 Å². The van der Waals surface area contributed by atoms with Crippen LogP contribution in [0.3, 0.4) is 0 Å². The molecule has 2 N–H and O–H groups in total. The Kier molecular flexibility index (Phi) is 5.79. The van der Waals surface area contributed by atoms with Gasteiger partial charge in [-0.2, -0.15) is 0 Å². The third-order valence-corrected chi connectivity index (χ3v) is 3.36. The smallest absolute Gasteiger partial charge is 0.122 e. The fourth-order valence-corrected chi connectivity index (χ4v) is 2.15. The first-order chi connectivity index (χ1) is 8.06. The van der Waals surface area contributed by atoms with Crippen molar-refractivity contribution in [3.63, 3.8) is 0 Å². The van der Waals surface area contributed by atoms with E-state index in [1.807, 2.05) is 18.2 Å². The third kappa shape index (κ3) is 4.57.